The quantitative estimate of drug-likeness (QED) is 0.271. The van der Waals surface area contributed by atoms with E-state index < -0.39 is 36.1 Å². The average molecular weight is 459 g/mol. The molecule has 0 saturated carbocycles. The van der Waals surface area contributed by atoms with Gasteiger partial charge in [-0.25, -0.2) is 8.42 Å². The van der Waals surface area contributed by atoms with Crippen molar-refractivity contribution in [2.75, 3.05) is 59.5 Å². The lowest BCUT2D eigenvalue weighted by atomic mass is 10.3. The summed E-state index contributed by atoms with van der Waals surface area (Å²) in [4.78, 5) is 35.3. The van der Waals surface area contributed by atoms with E-state index in [2.05, 4.69) is 0 Å². The van der Waals surface area contributed by atoms with Crippen LogP contribution in [0.2, 0.25) is 0 Å². The van der Waals surface area contributed by atoms with Crippen LogP contribution in [0.5, 0.6) is 0 Å². The molecule has 0 radical (unpaired) electrons. The van der Waals surface area contributed by atoms with Gasteiger partial charge in [0, 0.05) is 52.4 Å². The van der Waals surface area contributed by atoms with Crippen LogP contribution in [0, 0.1) is 20.2 Å². The van der Waals surface area contributed by atoms with Crippen LogP contribution < -0.4 is 0 Å². The van der Waals surface area contributed by atoms with Crippen LogP contribution in [-0.2, 0) is 19.6 Å². The zero-order chi connectivity index (χ0) is 23.2. The molecule has 1 aromatic rings. The Balaban J connectivity index is 1.98. The van der Waals surface area contributed by atoms with E-state index in [1.165, 1.54) is 7.05 Å². The van der Waals surface area contributed by atoms with Gasteiger partial charge in [0.1, 0.15) is 0 Å². The van der Waals surface area contributed by atoms with Crippen LogP contribution >= 0.6 is 0 Å². The van der Waals surface area contributed by atoms with Crippen LogP contribution in [0.1, 0.15) is 6.92 Å². The number of benzene rings is 1. The number of carbonyl (C=O) groups excluding carboxylic acids is 1. The third-order valence-electron chi connectivity index (χ3n) is 4.89. The van der Waals surface area contributed by atoms with Gasteiger partial charge in [0.25, 0.3) is 11.4 Å². The van der Waals surface area contributed by atoms with E-state index in [0.717, 1.165) is 16.4 Å². The zero-order valence-corrected chi connectivity index (χ0v) is 18.1. The molecule has 1 aliphatic rings. The van der Waals surface area contributed by atoms with Gasteiger partial charge in [-0.3, -0.25) is 34.8 Å². The minimum Gasteiger partial charge on any atom is -0.465 e. The molecule has 14 heteroatoms. The van der Waals surface area contributed by atoms with Crippen molar-refractivity contribution in [1.29, 1.82) is 0 Å². The summed E-state index contributed by atoms with van der Waals surface area (Å²) in [6, 6.07) is 2.45. The van der Waals surface area contributed by atoms with Crippen molar-refractivity contribution in [2.24, 2.45) is 0 Å². The number of nitro benzene ring substituents is 2. The maximum absolute atomic E-state index is 12.8. The maximum Gasteiger partial charge on any atom is 0.320 e. The molecule has 0 unspecified atom stereocenters. The zero-order valence-electron chi connectivity index (χ0n) is 17.3. The molecule has 1 saturated heterocycles. The molecular weight excluding hydrogens is 434 g/mol. The standard InChI is InChI=1S/C17H25N5O8S/c1-3-30-17(23)13-20-10-8-19(9-11-20)7-6-18(2)31(28,29)16-5-4-14(21(24)25)12-15(16)22(26)27/h4-5,12H,3,6-11,13H2,1-2H3. The first kappa shape index (κ1) is 24.6. The molecule has 0 amide bonds. The van der Waals surface area contributed by atoms with Crippen molar-refractivity contribution in [2.45, 2.75) is 11.8 Å². The summed E-state index contributed by atoms with van der Waals surface area (Å²) in [7, 11) is -2.92. The Bertz CT molecular complexity index is 930. The molecule has 0 bridgehead atoms. The van der Waals surface area contributed by atoms with E-state index in [-0.39, 0.29) is 19.1 Å². The van der Waals surface area contributed by atoms with Gasteiger partial charge in [-0.15, -0.1) is 0 Å². The molecule has 2 rings (SSSR count). The number of likely N-dealkylation sites (N-methyl/N-ethyl adjacent to an activating group) is 1. The summed E-state index contributed by atoms with van der Waals surface area (Å²) < 4.78 is 31.6. The minimum absolute atomic E-state index is 0.0777. The minimum atomic E-state index is -4.22. The summed E-state index contributed by atoms with van der Waals surface area (Å²) in [6.07, 6.45) is 0. The summed E-state index contributed by atoms with van der Waals surface area (Å²) in [6.45, 7) is 5.26. The fourth-order valence-electron chi connectivity index (χ4n) is 3.11. The van der Waals surface area contributed by atoms with Gasteiger partial charge in [-0.05, 0) is 13.0 Å². The number of rotatable bonds is 10. The molecule has 13 nitrogen and oxygen atoms in total. The summed E-state index contributed by atoms with van der Waals surface area (Å²) in [5, 5.41) is 22.1. The summed E-state index contributed by atoms with van der Waals surface area (Å²) in [5.41, 5.74) is -1.40. The fourth-order valence-corrected chi connectivity index (χ4v) is 4.41. The molecule has 1 heterocycles. The van der Waals surface area contributed by atoms with Crippen LogP contribution in [-0.4, -0.2) is 97.8 Å². The van der Waals surface area contributed by atoms with E-state index in [1.807, 2.05) is 9.80 Å². The number of carbonyl (C=O) groups is 1. The predicted molar refractivity (Wildman–Crippen MR) is 109 cm³/mol. The smallest absolute Gasteiger partial charge is 0.320 e. The molecule has 0 aromatic heterocycles. The molecule has 0 N–H and O–H groups in total. The van der Waals surface area contributed by atoms with Crippen LogP contribution in [0.25, 0.3) is 0 Å². The van der Waals surface area contributed by atoms with Crippen molar-refractivity contribution in [1.82, 2.24) is 14.1 Å². The first-order valence-electron chi connectivity index (χ1n) is 9.55. The molecule has 172 valence electrons. The number of hydrogen-bond donors (Lipinski definition) is 0. The number of non-ortho nitro benzene ring substituents is 1. The molecule has 0 aliphatic carbocycles. The third kappa shape index (κ3) is 6.40. The fraction of sp³-hybridized carbons (Fsp3) is 0.588. The highest BCUT2D eigenvalue weighted by atomic mass is 32.2. The van der Waals surface area contributed by atoms with Gasteiger partial charge in [0.2, 0.25) is 10.0 Å². The largest absolute Gasteiger partial charge is 0.465 e. The number of nitrogens with zero attached hydrogens (tertiary/aromatic N) is 5. The van der Waals surface area contributed by atoms with Gasteiger partial charge in [-0.1, -0.05) is 0 Å². The SMILES string of the molecule is CCOC(=O)CN1CCN(CCN(C)S(=O)(=O)c2ccc([N+](=O)[O-])cc2[N+](=O)[O-])CC1. The topological polar surface area (TPSA) is 156 Å². The number of piperazine rings is 1. The van der Waals surface area contributed by atoms with Gasteiger partial charge < -0.3 is 4.74 Å². The van der Waals surface area contributed by atoms with Gasteiger partial charge in [0.15, 0.2) is 4.90 Å². The van der Waals surface area contributed by atoms with Gasteiger partial charge >= 0.3 is 5.97 Å². The summed E-state index contributed by atoms with van der Waals surface area (Å²) in [5.74, 6) is -0.286. The van der Waals surface area contributed by atoms with E-state index in [1.54, 1.807) is 6.92 Å². The predicted octanol–water partition coefficient (Wildman–Crippen LogP) is 0.304. The second kappa shape index (κ2) is 10.6. The highest BCUT2D eigenvalue weighted by Gasteiger charge is 2.32. The number of esters is 1. The van der Waals surface area contributed by atoms with Gasteiger partial charge in [0.05, 0.1) is 29.1 Å². The molecule has 1 fully saturated rings. The first-order chi connectivity index (χ1) is 14.6. The molecule has 31 heavy (non-hydrogen) atoms. The Labute approximate surface area is 179 Å². The first-order valence-corrected chi connectivity index (χ1v) is 11.0. The average Bonchev–Trinajstić information content (AvgIpc) is 2.72. The highest BCUT2D eigenvalue weighted by molar-refractivity contribution is 7.89. The molecule has 1 aromatic carbocycles. The monoisotopic (exact) mass is 459 g/mol. The van der Waals surface area contributed by atoms with Crippen molar-refractivity contribution in [3.8, 4) is 0 Å². The van der Waals surface area contributed by atoms with Crippen molar-refractivity contribution in [3.63, 3.8) is 0 Å². The lowest BCUT2D eigenvalue weighted by Crippen LogP contribution is -2.49. The van der Waals surface area contributed by atoms with Crippen molar-refractivity contribution in [3.05, 3.63) is 38.4 Å². The number of ether oxygens (including phenoxy) is 1. The highest BCUT2D eigenvalue weighted by Crippen LogP contribution is 2.30. The van der Waals surface area contributed by atoms with Crippen molar-refractivity contribution >= 4 is 27.4 Å². The van der Waals surface area contributed by atoms with E-state index in [9.17, 15) is 33.4 Å². The molecule has 1 aliphatic heterocycles. The maximum atomic E-state index is 12.8. The van der Waals surface area contributed by atoms with Gasteiger partial charge in [-0.2, -0.15) is 4.31 Å². The van der Waals surface area contributed by atoms with Crippen molar-refractivity contribution < 1.29 is 27.8 Å². The molecular formula is C17H25N5O8S. The Kier molecular flexibility index (Phi) is 8.38. The lowest BCUT2D eigenvalue weighted by Gasteiger charge is -2.34. The van der Waals surface area contributed by atoms with E-state index >= 15 is 0 Å². The number of sulfonamides is 1. The van der Waals surface area contributed by atoms with E-state index in [0.29, 0.717) is 45.4 Å². The van der Waals surface area contributed by atoms with Crippen LogP contribution in [0.3, 0.4) is 0 Å². The van der Waals surface area contributed by atoms with E-state index in [4.69, 9.17) is 4.74 Å². The van der Waals surface area contributed by atoms with Crippen LogP contribution in [0.15, 0.2) is 23.1 Å². The van der Waals surface area contributed by atoms with Crippen LogP contribution in [0.4, 0.5) is 11.4 Å². The Hall–Kier alpha value is -2.68. The second-order valence-corrected chi connectivity index (χ2v) is 8.93. The Morgan fingerprint density at radius 3 is 2.29 bits per heavy atom. The molecule has 0 spiro atoms. The number of nitro groups is 2. The third-order valence-corrected chi connectivity index (χ3v) is 6.80. The number of hydrogen-bond acceptors (Lipinski definition) is 10. The normalized spacial score (nSPS) is 15.7. The molecule has 0 atom stereocenters. The Morgan fingerprint density at radius 1 is 1.13 bits per heavy atom. The Morgan fingerprint density at radius 2 is 1.74 bits per heavy atom. The lowest BCUT2D eigenvalue weighted by molar-refractivity contribution is -0.396. The second-order valence-electron chi connectivity index (χ2n) is 6.92. The summed E-state index contributed by atoms with van der Waals surface area (Å²) >= 11 is 0.